The van der Waals surface area contributed by atoms with E-state index in [-0.39, 0.29) is 11.9 Å². The summed E-state index contributed by atoms with van der Waals surface area (Å²) in [6, 6.07) is 4.53. The fourth-order valence-corrected chi connectivity index (χ4v) is 2.79. The Bertz CT molecular complexity index is 455. The van der Waals surface area contributed by atoms with Crippen LogP contribution in [-0.2, 0) is 0 Å². The minimum absolute atomic E-state index is 0.0691. The molecule has 1 aliphatic heterocycles. The zero-order valence-corrected chi connectivity index (χ0v) is 12.2. The molecule has 1 atom stereocenters. The van der Waals surface area contributed by atoms with Gasteiger partial charge >= 0.3 is 0 Å². The maximum absolute atomic E-state index is 13.4. The Kier molecular flexibility index (Phi) is 4.62. The van der Waals surface area contributed by atoms with Crippen molar-refractivity contribution in [2.75, 3.05) is 12.4 Å². The molecule has 2 nitrogen and oxygen atoms in total. The second-order valence-electron chi connectivity index (χ2n) is 4.43. The van der Waals surface area contributed by atoms with Gasteiger partial charge in [0.2, 0.25) is 0 Å². The quantitative estimate of drug-likeness (QED) is 0.753. The molecule has 0 saturated carbocycles. The van der Waals surface area contributed by atoms with Crippen molar-refractivity contribution in [1.82, 2.24) is 4.90 Å². The molecule has 1 saturated heterocycles. The van der Waals surface area contributed by atoms with E-state index in [1.165, 1.54) is 6.07 Å². The smallest absolute Gasteiger partial charge is 0.254 e. The van der Waals surface area contributed by atoms with Crippen LogP contribution in [0.3, 0.4) is 0 Å². The summed E-state index contributed by atoms with van der Waals surface area (Å²) in [7, 11) is 0. The number of halogens is 3. The van der Waals surface area contributed by atoms with E-state index < -0.39 is 5.82 Å². The summed E-state index contributed by atoms with van der Waals surface area (Å²) in [4.78, 5) is 14.1. The number of carbonyl (C=O) groups excluding carboxylic acids is 1. The highest BCUT2D eigenvalue weighted by atomic mass is 79.9. The van der Waals surface area contributed by atoms with Crippen molar-refractivity contribution in [2.45, 2.75) is 25.3 Å². The maximum Gasteiger partial charge on any atom is 0.254 e. The molecule has 5 heteroatoms. The normalized spacial score (nSPS) is 19.9. The molecular formula is C13H14BrClFNO. The summed E-state index contributed by atoms with van der Waals surface area (Å²) in [5.41, 5.74) is 0.382. The van der Waals surface area contributed by atoms with Crippen LogP contribution in [0.1, 0.15) is 29.6 Å². The van der Waals surface area contributed by atoms with Crippen LogP contribution < -0.4 is 0 Å². The molecule has 0 bridgehead atoms. The van der Waals surface area contributed by atoms with Gasteiger partial charge in [-0.1, -0.05) is 0 Å². The summed E-state index contributed by atoms with van der Waals surface area (Å²) >= 11 is 8.97. The lowest BCUT2D eigenvalue weighted by Gasteiger charge is -2.34. The van der Waals surface area contributed by atoms with Crippen LogP contribution in [0, 0.1) is 5.82 Å². The van der Waals surface area contributed by atoms with E-state index in [9.17, 15) is 9.18 Å². The molecule has 98 valence electrons. The number of carbonyl (C=O) groups is 1. The predicted molar refractivity (Wildman–Crippen MR) is 73.5 cm³/mol. The van der Waals surface area contributed by atoms with Gasteiger partial charge in [-0.05, 0) is 53.4 Å². The average Bonchev–Trinajstić information content (AvgIpc) is 2.41. The number of likely N-dealkylation sites (tertiary alicyclic amines) is 1. The van der Waals surface area contributed by atoms with Gasteiger partial charge < -0.3 is 4.90 Å². The van der Waals surface area contributed by atoms with Gasteiger partial charge in [0.15, 0.2) is 0 Å². The first-order chi connectivity index (χ1) is 8.63. The van der Waals surface area contributed by atoms with E-state index >= 15 is 0 Å². The standard InChI is InChI=1S/C13H14BrClFNO/c14-11-5-4-9(7-12(11)16)13(18)17-6-2-1-3-10(17)8-15/h4-5,7,10H,1-3,6,8H2. The first-order valence-electron chi connectivity index (χ1n) is 5.95. The van der Waals surface area contributed by atoms with E-state index in [1.807, 2.05) is 0 Å². The lowest BCUT2D eigenvalue weighted by atomic mass is 10.0. The van der Waals surface area contributed by atoms with Crippen molar-refractivity contribution in [3.8, 4) is 0 Å². The highest BCUT2D eigenvalue weighted by Crippen LogP contribution is 2.22. The van der Waals surface area contributed by atoms with Crippen molar-refractivity contribution in [3.63, 3.8) is 0 Å². The van der Waals surface area contributed by atoms with Gasteiger partial charge in [-0.3, -0.25) is 4.79 Å². The summed E-state index contributed by atoms with van der Waals surface area (Å²) in [6.45, 7) is 0.702. The van der Waals surface area contributed by atoms with Gasteiger partial charge in [0.05, 0.1) is 4.47 Å². The fraction of sp³-hybridized carbons (Fsp3) is 0.462. The summed E-state index contributed by atoms with van der Waals surface area (Å²) in [5, 5.41) is 0. The van der Waals surface area contributed by atoms with Gasteiger partial charge in [-0.25, -0.2) is 4.39 Å². The number of alkyl halides is 1. The van der Waals surface area contributed by atoms with Gasteiger partial charge in [0.1, 0.15) is 5.82 Å². The third kappa shape index (κ3) is 2.86. The molecule has 1 aromatic rings. The Morgan fingerprint density at radius 1 is 1.50 bits per heavy atom. The lowest BCUT2D eigenvalue weighted by Crippen LogP contribution is -2.44. The molecular weight excluding hydrogens is 321 g/mol. The van der Waals surface area contributed by atoms with E-state index in [4.69, 9.17) is 11.6 Å². The Balaban J connectivity index is 2.21. The second-order valence-corrected chi connectivity index (χ2v) is 5.59. The summed E-state index contributed by atoms with van der Waals surface area (Å²) < 4.78 is 13.8. The van der Waals surface area contributed by atoms with Crippen molar-refractivity contribution in [3.05, 3.63) is 34.1 Å². The third-order valence-corrected chi connectivity index (χ3v) is 4.23. The van der Waals surface area contributed by atoms with Crippen LogP contribution in [0.2, 0.25) is 0 Å². The number of benzene rings is 1. The van der Waals surface area contributed by atoms with Crippen LogP contribution in [0.5, 0.6) is 0 Å². The van der Waals surface area contributed by atoms with Gasteiger partial charge in [-0.2, -0.15) is 0 Å². The van der Waals surface area contributed by atoms with E-state index in [2.05, 4.69) is 15.9 Å². The number of hydrogen-bond donors (Lipinski definition) is 0. The molecule has 0 spiro atoms. The Morgan fingerprint density at radius 3 is 2.94 bits per heavy atom. The lowest BCUT2D eigenvalue weighted by molar-refractivity contribution is 0.0638. The topological polar surface area (TPSA) is 20.3 Å². The number of amides is 1. The number of rotatable bonds is 2. The van der Waals surface area contributed by atoms with Gasteiger partial charge in [0.25, 0.3) is 5.91 Å². The Hall–Kier alpha value is -0.610. The van der Waals surface area contributed by atoms with Crippen molar-refractivity contribution >= 4 is 33.4 Å². The highest BCUT2D eigenvalue weighted by molar-refractivity contribution is 9.10. The number of piperidine rings is 1. The van der Waals surface area contributed by atoms with Crippen LogP contribution >= 0.6 is 27.5 Å². The van der Waals surface area contributed by atoms with Crippen LogP contribution in [0.25, 0.3) is 0 Å². The van der Waals surface area contributed by atoms with Crippen LogP contribution in [0.15, 0.2) is 22.7 Å². The first kappa shape index (κ1) is 13.8. The van der Waals surface area contributed by atoms with E-state index in [1.54, 1.807) is 17.0 Å². The molecule has 0 aromatic heterocycles. The summed E-state index contributed by atoms with van der Waals surface area (Å²) in [5.74, 6) is -0.114. The van der Waals surface area contributed by atoms with E-state index in [0.29, 0.717) is 22.5 Å². The number of hydrogen-bond acceptors (Lipinski definition) is 1. The molecule has 1 unspecified atom stereocenters. The Morgan fingerprint density at radius 2 is 2.28 bits per heavy atom. The van der Waals surface area contributed by atoms with Crippen LogP contribution in [0.4, 0.5) is 4.39 Å². The van der Waals surface area contributed by atoms with E-state index in [0.717, 1.165) is 19.3 Å². The SMILES string of the molecule is O=C(c1ccc(Br)c(F)c1)N1CCCCC1CCl. The minimum atomic E-state index is -0.416. The monoisotopic (exact) mass is 333 g/mol. The zero-order chi connectivity index (χ0) is 13.1. The first-order valence-corrected chi connectivity index (χ1v) is 7.28. The summed E-state index contributed by atoms with van der Waals surface area (Å²) in [6.07, 6.45) is 3.00. The second kappa shape index (κ2) is 6.02. The predicted octanol–water partition coefficient (Wildman–Crippen LogP) is 3.82. The van der Waals surface area contributed by atoms with Gasteiger partial charge in [-0.15, -0.1) is 11.6 Å². The van der Waals surface area contributed by atoms with Crippen molar-refractivity contribution in [1.29, 1.82) is 0 Å². The molecule has 1 fully saturated rings. The van der Waals surface area contributed by atoms with Crippen molar-refractivity contribution in [2.24, 2.45) is 0 Å². The maximum atomic E-state index is 13.4. The molecule has 1 aromatic carbocycles. The molecule has 1 amide bonds. The third-order valence-electron chi connectivity index (χ3n) is 3.23. The van der Waals surface area contributed by atoms with Crippen molar-refractivity contribution < 1.29 is 9.18 Å². The number of nitrogens with zero attached hydrogens (tertiary/aromatic N) is 1. The van der Waals surface area contributed by atoms with Gasteiger partial charge in [0, 0.05) is 24.0 Å². The van der Waals surface area contributed by atoms with Crippen LogP contribution in [-0.4, -0.2) is 29.3 Å². The highest BCUT2D eigenvalue weighted by Gasteiger charge is 2.27. The molecule has 2 rings (SSSR count). The molecule has 1 aliphatic rings. The molecule has 0 aliphatic carbocycles. The molecule has 0 N–H and O–H groups in total. The minimum Gasteiger partial charge on any atom is -0.334 e. The fourth-order valence-electron chi connectivity index (χ4n) is 2.22. The average molecular weight is 335 g/mol. The largest absolute Gasteiger partial charge is 0.334 e. The zero-order valence-electron chi connectivity index (χ0n) is 9.83. The molecule has 1 heterocycles. The molecule has 0 radical (unpaired) electrons. The Labute approximate surface area is 119 Å². The molecule has 18 heavy (non-hydrogen) atoms.